The first-order chi connectivity index (χ1) is 10.6. The molecule has 1 N–H and O–H groups in total. The van der Waals surface area contributed by atoms with Crippen LogP contribution < -0.4 is 0 Å². The summed E-state index contributed by atoms with van der Waals surface area (Å²) in [5.41, 5.74) is -0.00709. The average Bonchev–Trinajstić information content (AvgIpc) is 2.53. The number of carbonyl (C=O) groups excluding carboxylic acids is 2. The van der Waals surface area contributed by atoms with Crippen LogP contribution in [0.15, 0.2) is 47.0 Å². The predicted octanol–water partition coefficient (Wildman–Crippen LogP) is 2.61. The molecule has 0 unspecified atom stereocenters. The van der Waals surface area contributed by atoms with E-state index >= 15 is 0 Å². The molecule has 1 rings (SSSR count). The van der Waals surface area contributed by atoms with Gasteiger partial charge in [-0.2, -0.15) is 0 Å². The molecule has 7 nitrogen and oxygen atoms in total. The number of aliphatic hydroxyl groups excluding tert-OH is 1. The molecule has 0 radical (unpaired) electrons. The highest BCUT2D eigenvalue weighted by Crippen LogP contribution is 2.13. The Hall–Kier alpha value is -2.70. The van der Waals surface area contributed by atoms with Crippen molar-refractivity contribution in [3.05, 3.63) is 52.3 Å². The van der Waals surface area contributed by atoms with Crippen molar-refractivity contribution in [1.29, 1.82) is 0 Å². The lowest BCUT2D eigenvalue weighted by Gasteiger charge is -2.06. The molecule has 0 aromatic heterocycles. The fourth-order valence-electron chi connectivity index (χ4n) is 1.57. The minimum Gasteiger partial charge on any atom is -0.510 e. The number of esters is 2. The summed E-state index contributed by atoms with van der Waals surface area (Å²) in [6.07, 6.45) is -0.384. The van der Waals surface area contributed by atoms with Gasteiger partial charge in [-0.15, -0.1) is 4.91 Å². The molecule has 22 heavy (non-hydrogen) atoms. The molecule has 0 amide bonds. The number of nitrogens with zero attached hydrogens (tertiary/aromatic N) is 1. The van der Waals surface area contributed by atoms with Crippen molar-refractivity contribution in [1.82, 2.24) is 0 Å². The van der Waals surface area contributed by atoms with E-state index in [1.54, 1.807) is 31.2 Å². The van der Waals surface area contributed by atoms with E-state index in [2.05, 4.69) is 9.91 Å². The highest BCUT2D eigenvalue weighted by Gasteiger charge is 2.19. The van der Waals surface area contributed by atoms with E-state index in [1.165, 1.54) is 0 Å². The second kappa shape index (κ2) is 9.28. The molecule has 118 valence electrons. The van der Waals surface area contributed by atoms with Gasteiger partial charge in [0.1, 0.15) is 12.4 Å². The molecule has 1 aromatic rings. The number of aliphatic hydroxyl groups is 1. The van der Waals surface area contributed by atoms with Crippen LogP contribution >= 0.6 is 0 Å². The Bertz CT molecular complexity index is 552. The lowest BCUT2D eigenvalue weighted by molar-refractivity contribution is -0.143. The van der Waals surface area contributed by atoms with Crippen LogP contribution in [0, 0.1) is 4.91 Å². The minimum atomic E-state index is -1.04. The largest absolute Gasteiger partial charge is 0.510 e. The SMILES string of the molecule is CCOC(=O)CCC(O)=C(N=O)C(=O)OCc1ccccc1. The summed E-state index contributed by atoms with van der Waals surface area (Å²) in [6.45, 7) is 1.80. The molecule has 0 saturated heterocycles. The van der Waals surface area contributed by atoms with Gasteiger partial charge in [0.2, 0.25) is 5.70 Å². The van der Waals surface area contributed by atoms with Crippen molar-refractivity contribution >= 4 is 11.9 Å². The van der Waals surface area contributed by atoms with Crippen LogP contribution in [0.1, 0.15) is 25.3 Å². The molecular weight excluding hydrogens is 290 g/mol. The number of rotatable bonds is 8. The fraction of sp³-hybridized carbons (Fsp3) is 0.333. The highest BCUT2D eigenvalue weighted by atomic mass is 16.5. The van der Waals surface area contributed by atoms with E-state index < -0.39 is 23.4 Å². The van der Waals surface area contributed by atoms with Crippen molar-refractivity contribution in [3.63, 3.8) is 0 Å². The number of benzene rings is 1. The van der Waals surface area contributed by atoms with Crippen molar-refractivity contribution < 1.29 is 24.2 Å². The van der Waals surface area contributed by atoms with Gasteiger partial charge in [-0.25, -0.2) is 4.79 Å². The van der Waals surface area contributed by atoms with E-state index in [9.17, 15) is 19.6 Å². The maximum absolute atomic E-state index is 11.7. The summed E-state index contributed by atoms with van der Waals surface area (Å²) in [7, 11) is 0. The second-order valence-corrected chi connectivity index (χ2v) is 4.25. The molecule has 0 saturated carbocycles. The fourth-order valence-corrected chi connectivity index (χ4v) is 1.57. The van der Waals surface area contributed by atoms with Crippen molar-refractivity contribution in [3.8, 4) is 0 Å². The van der Waals surface area contributed by atoms with Gasteiger partial charge in [0.15, 0.2) is 0 Å². The zero-order valence-electron chi connectivity index (χ0n) is 12.2. The summed E-state index contributed by atoms with van der Waals surface area (Å²) in [6, 6.07) is 8.84. The van der Waals surface area contributed by atoms with Crippen LogP contribution in [-0.2, 0) is 25.7 Å². The minimum absolute atomic E-state index is 0.0517. The van der Waals surface area contributed by atoms with Crippen LogP contribution in [0.3, 0.4) is 0 Å². The van der Waals surface area contributed by atoms with E-state index in [0.717, 1.165) is 5.56 Å². The van der Waals surface area contributed by atoms with Crippen molar-refractivity contribution in [2.24, 2.45) is 5.18 Å². The third-order valence-electron chi connectivity index (χ3n) is 2.64. The smallest absolute Gasteiger partial charge is 0.364 e. The monoisotopic (exact) mass is 307 g/mol. The average molecular weight is 307 g/mol. The molecule has 0 aliphatic carbocycles. The molecular formula is C15H17NO6. The van der Waals surface area contributed by atoms with E-state index in [0.29, 0.717) is 0 Å². The third-order valence-corrected chi connectivity index (χ3v) is 2.64. The Kier molecular flexibility index (Phi) is 7.32. The molecule has 0 aliphatic rings. The second-order valence-electron chi connectivity index (χ2n) is 4.25. The van der Waals surface area contributed by atoms with Crippen LogP contribution in [0.4, 0.5) is 0 Å². The molecule has 0 bridgehead atoms. The standard InChI is InChI=1S/C15H17NO6/c1-2-21-13(18)9-8-12(17)14(16-20)15(19)22-10-11-6-4-3-5-7-11/h3-7,17H,2,8-10H2,1H3. The molecule has 7 heteroatoms. The first-order valence-electron chi connectivity index (χ1n) is 6.70. The van der Waals surface area contributed by atoms with Crippen LogP contribution in [0.2, 0.25) is 0 Å². The van der Waals surface area contributed by atoms with Crippen LogP contribution in [-0.4, -0.2) is 23.7 Å². The van der Waals surface area contributed by atoms with Gasteiger partial charge in [0.05, 0.1) is 13.0 Å². The van der Waals surface area contributed by atoms with Crippen molar-refractivity contribution in [2.75, 3.05) is 6.61 Å². The van der Waals surface area contributed by atoms with Gasteiger partial charge in [-0.3, -0.25) is 4.79 Å². The quantitative estimate of drug-likeness (QED) is 0.343. The maximum Gasteiger partial charge on any atom is 0.364 e. The van der Waals surface area contributed by atoms with Gasteiger partial charge in [-0.1, -0.05) is 30.3 Å². The predicted molar refractivity (Wildman–Crippen MR) is 77.6 cm³/mol. The molecule has 0 aliphatic heterocycles. The van der Waals surface area contributed by atoms with Gasteiger partial charge in [0.25, 0.3) is 0 Å². The van der Waals surface area contributed by atoms with Gasteiger partial charge in [0, 0.05) is 6.42 Å². The molecule has 0 atom stereocenters. The first kappa shape index (κ1) is 17.4. The normalized spacial score (nSPS) is 11.3. The summed E-state index contributed by atoms with van der Waals surface area (Å²) in [5.74, 6) is -2.18. The summed E-state index contributed by atoms with van der Waals surface area (Å²) < 4.78 is 9.56. The number of ether oxygens (including phenoxy) is 2. The third kappa shape index (κ3) is 5.74. The van der Waals surface area contributed by atoms with Gasteiger partial charge in [-0.05, 0) is 17.7 Å². The van der Waals surface area contributed by atoms with Gasteiger partial charge >= 0.3 is 11.9 Å². The Morgan fingerprint density at radius 3 is 2.41 bits per heavy atom. The molecule has 0 spiro atoms. The highest BCUT2D eigenvalue weighted by molar-refractivity contribution is 5.88. The Morgan fingerprint density at radius 2 is 1.82 bits per heavy atom. The summed E-state index contributed by atoms with van der Waals surface area (Å²) >= 11 is 0. The lowest BCUT2D eigenvalue weighted by atomic mass is 10.2. The summed E-state index contributed by atoms with van der Waals surface area (Å²) in [5, 5.41) is 12.1. The zero-order chi connectivity index (χ0) is 16.4. The van der Waals surface area contributed by atoms with Crippen LogP contribution in [0.5, 0.6) is 0 Å². The molecule has 0 fully saturated rings. The Labute approximate surface area is 127 Å². The van der Waals surface area contributed by atoms with Crippen molar-refractivity contribution in [2.45, 2.75) is 26.4 Å². The van der Waals surface area contributed by atoms with E-state index in [4.69, 9.17) is 4.74 Å². The zero-order valence-corrected chi connectivity index (χ0v) is 12.2. The lowest BCUT2D eigenvalue weighted by Crippen LogP contribution is -2.10. The van der Waals surface area contributed by atoms with Crippen LogP contribution in [0.25, 0.3) is 0 Å². The Morgan fingerprint density at radius 1 is 1.14 bits per heavy atom. The number of nitroso groups, excluding NO2 is 1. The van der Waals surface area contributed by atoms with E-state index in [-0.39, 0.29) is 26.1 Å². The number of hydrogen-bond acceptors (Lipinski definition) is 7. The number of hydrogen-bond donors (Lipinski definition) is 1. The topological polar surface area (TPSA) is 102 Å². The molecule has 0 heterocycles. The molecule has 1 aromatic carbocycles. The van der Waals surface area contributed by atoms with Gasteiger partial charge < -0.3 is 14.6 Å². The number of carbonyl (C=O) groups is 2. The Balaban J connectivity index is 2.60. The maximum atomic E-state index is 11.7. The first-order valence-corrected chi connectivity index (χ1v) is 6.70. The summed E-state index contributed by atoms with van der Waals surface area (Å²) in [4.78, 5) is 33.6. The van der Waals surface area contributed by atoms with E-state index in [1.807, 2.05) is 6.07 Å². The number of allylic oxidation sites excluding steroid dienone is 1.